The number of ether oxygens (including phenoxy) is 1. The Kier molecular flexibility index (Phi) is 7.79. The van der Waals surface area contributed by atoms with E-state index in [2.05, 4.69) is 65.6 Å². The highest BCUT2D eigenvalue weighted by molar-refractivity contribution is 7.07. The van der Waals surface area contributed by atoms with Crippen LogP contribution in [0.25, 0.3) is 0 Å². The van der Waals surface area contributed by atoms with Crippen LogP contribution in [0, 0.1) is 0 Å². The van der Waals surface area contributed by atoms with Gasteiger partial charge in [0.25, 0.3) is 0 Å². The maximum absolute atomic E-state index is 5.19. The molecule has 2 aromatic rings. The zero-order chi connectivity index (χ0) is 17.2. The molecular formula is C19H27N3OS. The SMILES string of the molecule is CCNC(=NCc1cccc(COC)c1)NCC(C)c1ccsc1. The van der Waals surface area contributed by atoms with E-state index in [0.717, 1.165) is 19.0 Å². The van der Waals surface area contributed by atoms with Gasteiger partial charge in [0.15, 0.2) is 5.96 Å². The van der Waals surface area contributed by atoms with Crippen LogP contribution in [-0.4, -0.2) is 26.2 Å². The second-order valence-electron chi connectivity index (χ2n) is 5.79. The van der Waals surface area contributed by atoms with Crippen molar-refractivity contribution >= 4 is 17.3 Å². The molecule has 0 fully saturated rings. The van der Waals surface area contributed by atoms with Crippen molar-refractivity contribution < 1.29 is 4.74 Å². The quantitative estimate of drug-likeness (QED) is 0.566. The van der Waals surface area contributed by atoms with Gasteiger partial charge in [-0.3, -0.25) is 0 Å². The van der Waals surface area contributed by atoms with Crippen LogP contribution < -0.4 is 10.6 Å². The number of nitrogens with one attached hydrogen (secondary N) is 2. The average Bonchev–Trinajstić information content (AvgIpc) is 3.12. The molecule has 2 rings (SSSR count). The van der Waals surface area contributed by atoms with Crippen molar-refractivity contribution in [2.45, 2.75) is 32.9 Å². The molecule has 5 heteroatoms. The normalized spacial score (nSPS) is 12.9. The first kappa shape index (κ1) is 18.5. The molecular weight excluding hydrogens is 318 g/mol. The Balaban J connectivity index is 1.93. The number of hydrogen-bond acceptors (Lipinski definition) is 3. The number of hydrogen-bond donors (Lipinski definition) is 2. The largest absolute Gasteiger partial charge is 0.380 e. The molecule has 0 bridgehead atoms. The number of guanidine groups is 1. The predicted octanol–water partition coefficient (Wildman–Crippen LogP) is 3.75. The molecule has 1 unspecified atom stereocenters. The maximum atomic E-state index is 5.19. The molecule has 0 saturated heterocycles. The van der Waals surface area contributed by atoms with E-state index in [1.807, 2.05) is 0 Å². The standard InChI is InChI=1S/C19H27N3OS/c1-4-20-19(21-11-15(2)18-8-9-24-14-18)22-12-16-6-5-7-17(10-16)13-23-3/h5-10,14-15H,4,11-13H2,1-3H3,(H2,20,21,22). The van der Waals surface area contributed by atoms with Gasteiger partial charge >= 0.3 is 0 Å². The number of thiophene rings is 1. The summed E-state index contributed by atoms with van der Waals surface area (Å²) < 4.78 is 5.19. The first-order valence-electron chi connectivity index (χ1n) is 8.34. The Morgan fingerprint density at radius 3 is 2.79 bits per heavy atom. The predicted molar refractivity (Wildman–Crippen MR) is 103 cm³/mol. The summed E-state index contributed by atoms with van der Waals surface area (Å²) in [5.74, 6) is 1.32. The van der Waals surface area contributed by atoms with Crippen molar-refractivity contribution in [2.24, 2.45) is 4.99 Å². The summed E-state index contributed by atoms with van der Waals surface area (Å²) in [7, 11) is 1.71. The molecule has 0 aliphatic heterocycles. The summed E-state index contributed by atoms with van der Waals surface area (Å²) >= 11 is 1.74. The molecule has 0 aliphatic rings. The first-order valence-corrected chi connectivity index (χ1v) is 9.28. The third kappa shape index (κ3) is 5.98. The Bertz CT molecular complexity index is 625. The first-order chi connectivity index (χ1) is 11.7. The minimum absolute atomic E-state index is 0.463. The summed E-state index contributed by atoms with van der Waals surface area (Å²) in [6, 6.07) is 10.5. The molecule has 1 aromatic carbocycles. The summed E-state index contributed by atoms with van der Waals surface area (Å²) in [6.07, 6.45) is 0. The van der Waals surface area contributed by atoms with Crippen molar-refractivity contribution in [1.29, 1.82) is 0 Å². The van der Waals surface area contributed by atoms with Crippen LogP contribution in [0.1, 0.15) is 36.5 Å². The number of aliphatic imine (C=N–C) groups is 1. The molecule has 0 saturated carbocycles. The molecule has 0 radical (unpaired) electrons. The molecule has 130 valence electrons. The number of rotatable bonds is 8. The highest BCUT2D eigenvalue weighted by atomic mass is 32.1. The second-order valence-corrected chi connectivity index (χ2v) is 6.57. The van der Waals surface area contributed by atoms with Crippen LogP contribution >= 0.6 is 11.3 Å². The van der Waals surface area contributed by atoms with Gasteiger partial charge in [0, 0.05) is 20.2 Å². The van der Waals surface area contributed by atoms with E-state index < -0.39 is 0 Å². The van der Waals surface area contributed by atoms with Gasteiger partial charge < -0.3 is 15.4 Å². The van der Waals surface area contributed by atoms with Crippen molar-refractivity contribution in [2.75, 3.05) is 20.2 Å². The Morgan fingerprint density at radius 1 is 1.25 bits per heavy atom. The van der Waals surface area contributed by atoms with Crippen LogP contribution in [0.2, 0.25) is 0 Å². The zero-order valence-corrected chi connectivity index (χ0v) is 15.5. The smallest absolute Gasteiger partial charge is 0.191 e. The molecule has 0 aliphatic carbocycles. The fourth-order valence-electron chi connectivity index (χ4n) is 2.42. The molecule has 1 heterocycles. The second kappa shape index (κ2) is 10.1. The Labute approximate surface area is 149 Å². The van der Waals surface area contributed by atoms with E-state index in [-0.39, 0.29) is 0 Å². The fraction of sp³-hybridized carbons (Fsp3) is 0.421. The lowest BCUT2D eigenvalue weighted by molar-refractivity contribution is 0.185. The number of methoxy groups -OCH3 is 1. The van der Waals surface area contributed by atoms with E-state index in [1.165, 1.54) is 16.7 Å². The Morgan fingerprint density at radius 2 is 2.08 bits per heavy atom. The minimum Gasteiger partial charge on any atom is -0.380 e. The van der Waals surface area contributed by atoms with Gasteiger partial charge in [-0.05, 0) is 46.4 Å². The van der Waals surface area contributed by atoms with Crippen LogP contribution in [0.15, 0.2) is 46.1 Å². The number of nitrogens with zero attached hydrogens (tertiary/aromatic N) is 1. The van der Waals surface area contributed by atoms with Gasteiger partial charge in [-0.2, -0.15) is 11.3 Å². The van der Waals surface area contributed by atoms with Crippen molar-refractivity contribution in [1.82, 2.24) is 10.6 Å². The topological polar surface area (TPSA) is 45.7 Å². The lowest BCUT2D eigenvalue weighted by Gasteiger charge is -2.15. The Hall–Kier alpha value is -1.85. The van der Waals surface area contributed by atoms with Gasteiger partial charge in [0.1, 0.15) is 0 Å². The van der Waals surface area contributed by atoms with Crippen molar-refractivity contribution in [3.63, 3.8) is 0 Å². The number of benzene rings is 1. The summed E-state index contributed by atoms with van der Waals surface area (Å²) in [5.41, 5.74) is 3.73. The van der Waals surface area contributed by atoms with Crippen LogP contribution in [0.5, 0.6) is 0 Å². The third-order valence-corrected chi connectivity index (χ3v) is 4.46. The molecule has 1 aromatic heterocycles. The van der Waals surface area contributed by atoms with Gasteiger partial charge in [0.2, 0.25) is 0 Å². The van der Waals surface area contributed by atoms with Gasteiger partial charge in [-0.1, -0.05) is 31.2 Å². The van der Waals surface area contributed by atoms with Crippen LogP contribution in [0.4, 0.5) is 0 Å². The van der Waals surface area contributed by atoms with Gasteiger partial charge in [-0.15, -0.1) is 0 Å². The fourth-order valence-corrected chi connectivity index (χ4v) is 3.20. The molecule has 4 nitrogen and oxygen atoms in total. The lowest BCUT2D eigenvalue weighted by atomic mass is 10.1. The molecule has 0 amide bonds. The van der Waals surface area contributed by atoms with E-state index in [4.69, 9.17) is 9.73 Å². The van der Waals surface area contributed by atoms with Crippen molar-refractivity contribution in [3.8, 4) is 0 Å². The molecule has 24 heavy (non-hydrogen) atoms. The summed E-state index contributed by atoms with van der Waals surface area (Å²) in [6.45, 7) is 7.31. The molecule has 2 N–H and O–H groups in total. The molecule has 0 spiro atoms. The molecule has 1 atom stereocenters. The average molecular weight is 346 g/mol. The van der Waals surface area contributed by atoms with Crippen LogP contribution in [0.3, 0.4) is 0 Å². The summed E-state index contributed by atoms with van der Waals surface area (Å²) in [5, 5.41) is 11.1. The van der Waals surface area contributed by atoms with Crippen LogP contribution in [-0.2, 0) is 17.9 Å². The third-order valence-electron chi connectivity index (χ3n) is 3.75. The highest BCUT2D eigenvalue weighted by Crippen LogP contribution is 2.17. The van der Waals surface area contributed by atoms with E-state index in [9.17, 15) is 0 Å². The van der Waals surface area contributed by atoms with E-state index in [1.54, 1.807) is 18.4 Å². The lowest BCUT2D eigenvalue weighted by Crippen LogP contribution is -2.39. The monoisotopic (exact) mass is 345 g/mol. The highest BCUT2D eigenvalue weighted by Gasteiger charge is 2.07. The van der Waals surface area contributed by atoms with Crippen molar-refractivity contribution in [3.05, 3.63) is 57.8 Å². The summed E-state index contributed by atoms with van der Waals surface area (Å²) in [4.78, 5) is 4.69. The van der Waals surface area contributed by atoms with E-state index in [0.29, 0.717) is 19.1 Å². The van der Waals surface area contributed by atoms with E-state index >= 15 is 0 Å². The maximum Gasteiger partial charge on any atom is 0.191 e. The van der Waals surface area contributed by atoms with Gasteiger partial charge in [0.05, 0.1) is 13.2 Å². The zero-order valence-electron chi connectivity index (χ0n) is 14.7. The van der Waals surface area contributed by atoms with Gasteiger partial charge in [-0.25, -0.2) is 4.99 Å². The minimum atomic E-state index is 0.463.